The van der Waals surface area contributed by atoms with Crippen LogP contribution in [-0.2, 0) is 6.54 Å². The Bertz CT molecular complexity index is 801. The maximum absolute atomic E-state index is 12.2. The van der Waals surface area contributed by atoms with E-state index < -0.39 is 0 Å². The van der Waals surface area contributed by atoms with Gasteiger partial charge in [-0.3, -0.25) is 0 Å². The predicted molar refractivity (Wildman–Crippen MR) is 92.4 cm³/mol. The van der Waals surface area contributed by atoms with Crippen molar-refractivity contribution >= 4 is 11.7 Å². The van der Waals surface area contributed by atoms with Crippen molar-refractivity contribution in [2.45, 2.75) is 19.9 Å². The minimum absolute atomic E-state index is 0.207. The standard InChI is InChI=1S/C19H18N4O/c1-14-2-8-17(9-3-14)18-10-11-23(22-18)19(24)21-13-16-6-4-15(12-20)5-7-16/h2-9H,10-11,13H2,1H3,(H,21,24). The Balaban J connectivity index is 1.59. The van der Waals surface area contributed by atoms with Crippen molar-refractivity contribution in [1.82, 2.24) is 10.3 Å². The lowest BCUT2D eigenvalue weighted by Crippen LogP contribution is -2.34. The average Bonchev–Trinajstić information content (AvgIpc) is 3.11. The highest BCUT2D eigenvalue weighted by Crippen LogP contribution is 2.14. The highest BCUT2D eigenvalue weighted by Gasteiger charge is 2.21. The van der Waals surface area contributed by atoms with Crippen molar-refractivity contribution in [1.29, 1.82) is 5.26 Å². The first-order valence-corrected chi connectivity index (χ1v) is 7.84. The van der Waals surface area contributed by atoms with Gasteiger partial charge in [-0.05, 0) is 30.2 Å². The lowest BCUT2D eigenvalue weighted by Gasteiger charge is -2.12. The Morgan fingerprint density at radius 1 is 1.21 bits per heavy atom. The van der Waals surface area contributed by atoms with Crippen LogP contribution in [0.1, 0.15) is 28.7 Å². The number of nitriles is 1. The fourth-order valence-electron chi connectivity index (χ4n) is 2.52. The number of amides is 2. The summed E-state index contributed by atoms with van der Waals surface area (Å²) in [7, 11) is 0. The van der Waals surface area contributed by atoms with Crippen LogP contribution in [-0.4, -0.2) is 23.3 Å². The van der Waals surface area contributed by atoms with E-state index in [2.05, 4.69) is 16.5 Å². The molecule has 0 radical (unpaired) electrons. The third kappa shape index (κ3) is 3.61. The number of benzene rings is 2. The van der Waals surface area contributed by atoms with Crippen LogP contribution in [0.3, 0.4) is 0 Å². The first kappa shape index (κ1) is 15.8. The van der Waals surface area contributed by atoms with Gasteiger partial charge < -0.3 is 5.32 Å². The summed E-state index contributed by atoms with van der Waals surface area (Å²) in [5, 5.41) is 17.5. The maximum Gasteiger partial charge on any atom is 0.338 e. The number of nitrogens with one attached hydrogen (secondary N) is 1. The number of hydrazone groups is 1. The van der Waals surface area contributed by atoms with Crippen molar-refractivity contribution in [3.05, 3.63) is 70.8 Å². The summed E-state index contributed by atoms with van der Waals surface area (Å²) in [4.78, 5) is 12.2. The molecule has 0 saturated heterocycles. The van der Waals surface area contributed by atoms with E-state index in [4.69, 9.17) is 5.26 Å². The van der Waals surface area contributed by atoms with E-state index in [0.717, 1.165) is 23.3 Å². The molecule has 1 aliphatic rings. The molecule has 0 bridgehead atoms. The first-order valence-electron chi connectivity index (χ1n) is 7.84. The second-order valence-corrected chi connectivity index (χ2v) is 5.75. The van der Waals surface area contributed by atoms with E-state index in [0.29, 0.717) is 18.7 Å². The Hall–Kier alpha value is -3.13. The fourth-order valence-corrected chi connectivity index (χ4v) is 2.52. The van der Waals surface area contributed by atoms with E-state index in [1.165, 1.54) is 10.6 Å². The zero-order valence-electron chi connectivity index (χ0n) is 13.5. The van der Waals surface area contributed by atoms with E-state index in [9.17, 15) is 4.79 Å². The Kier molecular flexibility index (Phi) is 4.57. The molecule has 1 aliphatic heterocycles. The number of carbonyl (C=O) groups is 1. The number of carbonyl (C=O) groups excluding carboxylic acids is 1. The van der Waals surface area contributed by atoms with E-state index in [1.807, 2.05) is 43.3 Å². The Morgan fingerprint density at radius 3 is 2.58 bits per heavy atom. The van der Waals surface area contributed by atoms with Gasteiger partial charge in [-0.15, -0.1) is 0 Å². The topological polar surface area (TPSA) is 68.5 Å². The molecule has 0 saturated carbocycles. The second kappa shape index (κ2) is 6.97. The molecule has 0 aromatic heterocycles. The maximum atomic E-state index is 12.2. The van der Waals surface area contributed by atoms with Gasteiger partial charge >= 0.3 is 6.03 Å². The molecule has 0 fully saturated rings. The van der Waals surface area contributed by atoms with Gasteiger partial charge in [-0.2, -0.15) is 10.4 Å². The Labute approximate surface area is 141 Å². The Morgan fingerprint density at radius 2 is 1.92 bits per heavy atom. The van der Waals surface area contributed by atoms with Gasteiger partial charge in [0, 0.05) is 13.0 Å². The van der Waals surface area contributed by atoms with Gasteiger partial charge in [0.2, 0.25) is 0 Å². The van der Waals surface area contributed by atoms with Crippen molar-refractivity contribution in [3.8, 4) is 6.07 Å². The number of rotatable bonds is 3. The van der Waals surface area contributed by atoms with Crippen molar-refractivity contribution in [2.75, 3.05) is 6.54 Å². The number of hydrogen-bond acceptors (Lipinski definition) is 3. The minimum Gasteiger partial charge on any atom is -0.332 e. The smallest absolute Gasteiger partial charge is 0.332 e. The lowest BCUT2D eigenvalue weighted by atomic mass is 10.1. The van der Waals surface area contributed by atoms with Crippen molar-refractivity contribution < 1.29 is 4.79 Å². The first-order chi connectivity index (χ1) is 11.7. The molecule has 24 heavy (non-hydrogen) atoms. The molecule has 2 aromatic rings. The van der Waals surface area contributed by atoms with Crippen LogP contribution < -0.4 is 5.32 Å². The highest BCUT2D eigenvalue weighted by atomic mass is 16.2. The normalized spacial score (nSPS) is 13.3. The lowest BCUT2D eigenvalue weighted by molar-refractivity contribution is 0.205. The van der Waals surface area contributed by atoms with Crippen LogP contribution in [0.25, 0.3) is 0 Å². The largest absolute Gasteiger partial charge is 0.338 e. The predicted octanol–water partition coefficient (Wildman–Crippen LogP) is 3.19. The molecule has 2 amide bonds. The molecule has 5 nitrogen and oxygen atoms in total. The van der Waals surface area contributed by atoms with Crippen LogP contribution in [0.4, 0.5) is 4.79 Å². The zero-order valence-corrected chi connectivity index (χ0v) is 13.5. The van der Waals surface area contributed by atoms with Crippen LogP contribution in [0, 0.1) is 18.3 Å². The molecule has 0 atom stereocenters. The summed E-state index contributed by atoms with van der Waals surface area (Å²) in [6.45, 7) is 3.04. The highest BCUT2D eigenvalue weighted by molar-refractivity contribution is 6.02. The van der Waals surface area contributed by atoms with Crippen molar-refractivity contribution in [2.24, 2.45) is 5.10 Å². The summed E-state index contributed by atoms with van der Waals surface area (Å²) < 4.78 is 0. The molecular formula is C19H18N4O. The third-order valence-electron chi connectivity index (χ3n) is 3.95. The molecule has 120 valence electrons. The molecular weight excluding hydrogens is 300 g/mol. The summed E-state index contributed by atoms with van der Waals surface area (Å²) in [6, 6.07) is 17.2. The monoisotopic (exact) mass is 318 g/mol. The van der Waals surface area contributed by atoms with Gasteiger partial charge in [0.15, 0.2) is 0 Å². The molecule has 2 aromatic carbocycles. The van der Waals surface area contributed by atoms with Crippen LogP contribution in [0.5, 0.6) is 0 Å². The van der Waals surface area contributed by atoms with Gasteiger partial charge in [0.1, 0.15) is 0 Å². The number of aryl methyl sites for hydroxylation is 1. The van der Waals surface area contributed by atoms with E-state index in [1.54, 1.807) is 12.1 Å². The molecule has 0 aliphatic carbocycles. The number of urea groups is 1. The van der Waals surface area contributed by atoms with Gasteiger partial charge in [0.25, 0.3) is 0 Å². The third-order valence-corrected chi connectivity index (χ3v) is 3.95. The van der Waals surface area contributed by atoms with Crippen molar-refractivity contribution in [3.63, 3.8) is 0 Å². The summed E-state index contributed by atoms with van der Waals surface area (Å²) in [5.41, 5.74) is 4.75. The summed E-state index contributed by atoms with van der Waals surface area (Å²) in [5.74, 6) is 0. The summed E-state index contributed by atoms with van der Waals surface area (Å²) in [6.07, 6.45) is 0.757. The van der Waals surface area contributed by atoms with Crippen LogP contribution >= 0.6 is 0 Å². The van der Waals surface area contributed by atoms with Gasteiger partial charge in [-0.1, -0.05) is 42.0 Å². The molecule has 0 spiro atoms. The SMILES string of the molecule is Cc1ccc(C2=NN(C(=O)NCc3ccc(C#N)cc3)CC2)cc1. The molecule has 1 heterocycles. The van der Waals surface area contributed by atoms with Crippen LogP contribution in [0.15, 0.2) is 53.6 Å². The average molecular weight is 318 g/mol. The number of hydrogen-bond donors (Lipinski definition) is 1. The molecule has 1 N–H and O–H groups in total. The minimum atomic E-state index is -0.207. The zero-order chi connectivity index (χ0) is 16.9. The molecule has 3 rings (SSSR count). The summed E-state index contributed by atoms with van der Waals surface area (Å²) >= 11 is 0. The van der Waals surface area contributed by atoms with Crippen LogP contribution in [0.2, 0.25) is 0 Å². The quantitative estimate of drug-likeness (QED) is 0.944. The molecule has 5 heteroatoms. The molecule has 0 unspecified atom stereocenters. The van der Waals surface area contributed by atoms with Gasteiger partial charge in [0.05, 0.1) is 23.9 Å². The number of nitrogens with zero attached hydrogens (tertiary/aromatic N) is 3. The second-order valence-electron chi connectivity index (χ2n) is 5.75. The van der Waals surface area contributed by atoms with E-state index in [-0.39, 0.29) is 6.03 Å². The van der Waals surface area contributed by atoms with E-state index >= 15 is 0 Å². The fraction of sp³-hybridized carbons (Fsp3) is 0.211. The van der Waals surface area contributed by atoms with Gasteiger partial charge in [-0.25, -0.2) is 9.80 Å².